The largest absolute Gasteiger partial charge is 0.491 e. The highest BCUT2D eigenvalue weighted by Crippen LogP contribution is 2.41. The van der Waals surface area contributed by atoms with Crippen LogP contribution in [0.25, 0.3) is 38.1 Å². The second-order valence-corrected chi connectivity index (χ2v) is 11.1. The van der Waals surface area contributed by atoms with Gasteiger partial charge in [0.05, 0.1) is 23.2 Å². The van der Waals surface area contributed by atoms with Gasteiger partial charge in [0.25, 0.3) is 0 Å². The molecule has 204 valence electrons. The van der Waals surface area contributed by atoms with Crippen LogP contribution < -0.4 is 4.74 Å². The predicted octanol–water partition coefficient (Wildman–Crippen LogP) is 7.73. The van der Waals surface area contributed by atoms with Crippen LogP contribution in [0, 0.1) is 5.92 Å². The number of hydrogen-bond donors (Lipinski definition) is 1. The van der Waals surface area contributed by atoms with Crippen LogP contribution in [0.4, 0.5) is 13.2 Å². The Morgan fingerprint density at radius 1 is 0.950 bits per heavy atom. The maximum atomic E-state index is 13.7. The Bertz CT molecular complexity index is 1900. The van der Waals surface area contributed by atoms with Crippen molar-refractivity contribution in [3.05, 3.63) is 89.2 Å². The van der Waals surface area contributed by atoms with Crippen molar-refractivity contribution in [1.29, 1.82) is 0 Å². The van der Waals surface area contributed by atoms with E-state index in [0.29, 0.717) is 37.6 Å². The van der Waals surface area contributed by atoms with Gasteiger partial charge in [-0.3, -0.25) is 19.5 Å². The summed E-state index contributed by atoms with van der Waals surface area (Å²) in [6, 6.07) is 18.3. The number of nitrogens with zero attached hydrogens (tertiary/aromatic N) is 3. The van der Waals surface area contributed by atoms with E-state index in [9.17, 15) is 13.2 Å². The number of pyridine rings is 1. The molecule has 0 unspecified atom stereocenters. The first kappa shape index (κ1) is 25.0. The van der Waals surface area contributed by atoms with E-state index in [4.69, 9.17) is 4.74 Å². The molecule has 0 amide bonds. The van der Waals surface area contributed by atoms with Crippen LogP contribution in [0.1, 0.15) is 36.2 Å². The Kier molecular flexibility index (Phi) is 5.78. The maximum absolute atomic E-state index is 13.7. The lowest BCUT2D eigenvalue weighted by atomic mass is 9.97. The molecule has 5 nitrogen and oxygen atoms in total. The van der Waals surface area contributed by atoms with Crippen molar-refractivity contribution in [2.24, 2.45) is 5.92 Å². The SMILES string of the molecule is CC(C)COc1cccc2c3ccc4nccc4c3c3c4c([nH]n3c12)CCN(Cc1ccccc1C(F)(F)F)C4. The molecule has 0 spiro atoms. The molecule has 1 aliphatic rings. The number of alkyl halides is 3. The molecule has 0 saturated carbocycles. The van der Waals surface area contributed by atoms with Crippen molar-refractivity contribution in [2.45, 2.75) is 39.5 Å². The van der Waals surface area contributed by atoms with E-state index in [0.717, 1.165) is 55.1 Å². The second kappa shape index (κ2) is 9.27. The Morgan fingerprint density at radius 3 is 2.62 bits per heavy atom. The number of hydrogen-bond acceptors (Lipinski definition) is 3. The number of para-hydroxylation sites is 1. The van der Waals surface area contributed by atoms with Gasteiger partial charge in [-0.15, -0.1) is 0 Å². The van der Waals surface area contributed by atoms with Crippen molar-refractivity contribution >= 4 is 38.1 Å². The van der Waals surface area contributed by atoms with Crippen molar-refractivity contribution in [1.82, 2.24) is 19.5 Å². The molecule has 6 aromatic rings. The first-order chi connectivity index (χ1) is 19.3. The van der Waals surface area contributed by atoms with Gasteiger partial charge in [0.1, 0.15) is 11.3 Å². The number of benzene rings is 3. The van der Waals surface area contributed by atoms with Crippen LogP contribution in [0.2, 0.25) is 0 Å². The molecule has 0 radical (unpaired) electrons. The highest BCUT2D eigenvalue weighted by Gasteiger charge is 2.34. The number of fused-ring (bicyclic) bond motifs is 10. The zero-order chi connectivity index (χ0) is 27.6. The summed E-state index contributed by atoms with van der Waals surface area (Å²) < 4.78 is 49.7. The van der Waals surface area contributed by atoms with E-state index < -0.39 is 11.7 Å². The minimum absolute atomic E-state index is 0.230. The van der Waals surface area contributed by atoms with Crippen LogP contribution in [0.15, 0.2) is 66.9 Å². The van der Waals surface area contributed by atoms with Crippen LogP contribution in [0.3, 0.4) is 0 Å². The quantitative estimate of drug-likeness (QED) is 0.227. The standard InChI is InChI=1S/C32H29F3N4O/c1-19(2)18-40-28-9-5-7-22-21-10-11-26-23(12-14-36-26)29(21)31-24-17-38(15-13-27(24)37-39(31)30(22)28)16-20-6-3-4-8-25(20)32(33,34)35/h3-12,14,19,37H,13,15-18H2,1-2H3. The topological polar surface area (TPSA) is 45.6 Å². The lowest BCUT2D eigenvalue weighted by molar-refractivity contribution is -0.138. The fourth-order valence-corrected chi connectivity index (χ4v) is 6.13. The number of aromatic nitrogens is 3. The molecular weight excluding hydrogens is 513 g/mol. The van der Waals surface area contributed by atoms with Gasteiger partial charge >= 0.3 is 6.18 Å². The summed E-state index contributed by atoms with van der Waals surface area (Å²) in [6.45, 7) is 6.27. The highest BCUT2D eigenvalue weighted by molar-refractivity contribution is 6.23. The first-order valence-corrected chi connectivity index (χ1v) is 13.6. The summed E-state index contributed by atoms with van der Waals surface area (Å²) >= 11 is 0. The number of halogens is 3. The third-order valence-corrected chi connectivity index (χ3v) is 7.90. The number of H-pyrrole nitrogens is 1. The van der Waals surface area contributed by atoms with E-state index in [1.165, 1.54) is 12.1 Å². The summed E-state index contributed by atoms with van der Waals surface area (Å²) in [5.74, 6) is 1.18. The van der Waals surface area contributed by atoms with Crippen molar-refractivity contribution in [3.8, 4) is 5.75 Å². The summed E-state index contributed by atoms with van der Waals surface area (Å²) in [6.07, 6.45) is -1.85. The minimum atomic E-state index is -4.38. The van der Waals surface area contributed by atoms with Crippen molar-refractivity contribution in [2.75, 3.05) is 13.2 Å². The van der Waals surface area contributed by atoms with E-state index in [1.54, 1.807) is 12.1 Å². The summed E-state index contributed by atoms with van der Waals surface area (Å²) in [5, 5.41) is 8.00. The van der Waals surface area contributed by atoms with Gasteiger partial charge in [0.15, 0.2) is 0 Å². The molecule has 0 atom stereocenters. The Hall–Kier alpha value is -4.04. The van der Waals surface area contributed by atoms with Crippen molar-refractivity contribution < 1.29 is 17.9 Å². The highest BCUT2D eigenvalue weighted by atomic mass is 19.4. The fourth-order valence-electron chi connectivity index (χ4n) is 6.13. The molecule has 0 fully saturated rings. The zero-order valence-electron chi connectivity index (χ0n) is 22.3. The Balaban J connectivity index is 1.44. The Morgan fingerprint density at radius 2 is 1.80 bits per heavy atom. The molecule has 3 aromatic heterocycles. The van der Waals surface area contributed by atoms with Crippen LogP contribution in [0.5, 0.6) is 5.75 Å². The monoisotopic (exact) mass is 542 g/mol. The summed E-state index contributed by atoms with van der Waals surface area (Å²) in [4.78, 5) is 6.67. The van der Waals surface area contributed by atoms with E-state index in [1.807, 2.05) is 24.4 Å². The molecule has 0 saturated heterocycles. The van der Waals surface area contributed by atoms with Gasteiger partial charge in [0, 0.05) is 59.7 Å². The number of rotatable bonds is 5. The molecule has 0 aliphatic carbocycles. The van der Waals surface area contributed by atoms with Gasteiger partial charge in [-0.05, 0) is 41.1 Å². The Labute approximate surface area is 229 Å². The average Bonchev–Trinajstić information content (AvgIpc) is 3.56. The maximum Gasteiger partial charge on any atom is 0.416 e. The van der Waals surface area contributed by atoms with Crippen LogP contribution in [-0.2, 0) is 25.7 Å². The molecule has 40 heavy (non-hydrogen) atoms. The third kappa shape index (κ3) is 4.01. The van der Waals surface area contributed by atoms with Crippen LogP contribution in [-0.4, -0.2) is 32.6 Å². The molecule has 4 heterocycles. The van der Waals surface area contributed by atoms with Crippen molar-refractivity contribution in [3.63, 3.8) is 0 Å². The van der Waals surface area contributed by atoms with Gasteiger partial charge in [-0.2, -0.15) is 13.2 Å². The summed E-state index contributed by atoms with van der Waals surface area (Å²) in [7, 11) is 0. The summed E-state index contributed by atoms with van der Waals surface area (Å²) in [5.41, 5.74) is 4.86. The first-order valence-electron chi connectivity index (χ1n) is 13.6. The van der Waals surface area contributed by atoms with Gasteiger partial charge in [-0.25, -0.2) is 0 Å². The molecule has 7 rings (SSSR count). The van der Waals surface area contributed by atoms with Gasteiger partial charge in [-0.1, -0.05) is 50.2 Å². The molecule has 3 aromatic carbocycles. The van der Waals surface area contributed by atoms with Gasteiger partial charge < -0.3 is 4.74 Å². The molecule has 8 heteroatoms. The van der Waals surface area contributed by atoms with E-state index >= 15 is 0 Å². The predicted molar refractivity (Wildman–Crippen MR) is 152 cm³/mol. The lowest BCUT2D eigenvalue weighted by Crippen LogP contribution is -2.30. The normalized spacial score (nSPS) is 14.7. The average molecular weight is 543 g/mol. The lowest BCUT2D eigenvalue weighted by Gasteiger charge is -2.28. The zero-order valence-corrected chi connectivity index (χ0v) is 22.3. The van der Waals surface area contributed by atoms with Crippen LogP contribution >= 0.6 is 0 Å². The molecular formula is C32H29F3N4O. The van der Waals surface area contributed by atoms with E-state index in [-0.39, 0.29) is 6.54 Å². The second-order valence-electron chi connectivity index (χ2n) is 11.1. The smallest absolute Gasteiger partial charge is 0.416 e. The molecule has 1 aliphatic heterocycles. The van der Waals surface area contributed by atoms with E-state index in [2.05, 4.69) is 51.5 Å². The van der Waals surface area contributed by atoms with Gasteiger partial charge in [0.2, 0.25) is 0 Å². The fraction of sp³-hybridized carbons (Fsp3) is 0.281. The molecule has 0 bridgehead atoms. The number of nitrogens with one attached hydrogen (secondary N) is 1. The molecule has 1 N–H and O–H groups in total. The number of aromatic amines is 1. The minimum Gasteiger partial charge on any atom is -0.491 e. The third-order valence-electron chi connectivity index (χ3n) is 7.90. The number of ether oxygens (including phenoxy) is 1.